The first-order valence-corrected chi connectivity index (χ1v) is 6.77. The number of carbonyl (C=O) groups is 1. The van der Waals surface area contributed by atoms with Crippen molar-refractivity contribution in [3.8, 4) is 0 Å². The van der Waals surface area contributed by atoms with Gasteiger partial charge in [0.25, 0.3) is 0 Å². The molecule has 0 bridgehead atoms. The number of pyridine rings is 1. The summed E-state index contributed by atoms with van der Waals surface area (Å²) in [7, 11) is 0. The SMILES string of the molecule is CC(C)C(=O)Nc1ccc(NCC2CCCO2)cn1. The molecule has 1 amide bonds. The number of carbonyl (C=O) groups excluding carboxylic acids is 1. The van der Waals surface area contributed by atoms with Crippen molar-refractivity contribution in [1.29, 1.82) is 0 Å². The number of nitrogens with zero attached hydrogens (tertiary/aromatic N) is 1. The summed E-state index contributed by atoms with van der Waals surface area (Å²) in [6.45, 7) is 5.38. The van der Waals surface area contributed by atoms with Crippen LogP contribution >= 0.6 is 0 Å². The van der Waals surface area contributed by atoms with Crippen LogP contribution in [0.2, 0.25) is 0 Å². The first-order valence-electron chi connectivity index (χ1n) is 6.77. The van der Waals surface area contributed by atoms with Gasteiger partial charge >= 0.3 is 0 Å². The molecule has 2 rings (SSSR count). The van der Waals surface area contributed by atoms with Gasteiger partial charge in [0.1, 0.15) is 5.82 Å². The molecule has 1 fully saturated rings. The van der Waals surface area contributed by atoms with Gasteiger partial charge in [-0.1, -0.05) is 13.8 Å². The minimum absolute atomic E-state index is 0.0208. The van der Waals surface area contributed by atoms with Crippen molar-refractivity contribution in [1.82, 2.24) is 4.98 Å². The van der Waals surface area contributed by atoms with Gasteiger partial charge in [-0.2, -0.15) is 0 Å². The zero-order valence-corrected chi connectivity index (χ0v) is 11.5. The molecule has 0 radical (unpaired) electrons. The van der Waals surface area contributed by atoms with E-state index in [0.29, 0.717) is 11.9 Å². The van der Waals surface area contributed by atoms with Crippen LogP contribution in [0.25, 0.3) is 0 Å². The molecule has 0 aliphatic carbocycles. The van der Waals surface area contributed by atoms with Crippen LogP contribution in [0.4, 0.5) is 11.5 Å². The smallest absolute Gasteiger partial charge is 0.228 e. The van der Waals surface area contributed by atoms with E-state index in [1.54, 1.807) is 12.3 Å². The maximum Gasteiger partial charge on any atom is 0.228 e. The molecule has 1 aliphatic heterocycles. The Bertz CT molecular complexity index is 411. The minimum atomic E-state index is -0.0425. The third-order valence-corrected chi connectivity index (χ3v) is 3.10. The molecule has 1 saturated heterocycles. The van der Waals surface area contributed by atoms with Crippen LogP contribution in [0.15, 0.2) is 18.3 Å². The van der Waals surface area contributed by atoms with Crippen molar-refractivity contribution in [3.63, 3.8) is 0 Å². The van der Waals surface area contributed by atoms with Crippen LogP contribution < -0.4 is 10.6 Å². The largest absolute Gasteiger partial charge is 0.381 e. The summed E-state index contributed by atoms with van der Waals surface area (Å²) in [5.41, 5.74) is 0.943. The molecule has 1 unspecified atom stereocenters. The molecule has 1 aromatic rings. The minimum Gasteiger partial charge on any atom is -0.381 e. The van der Waals surface area contributed by atoms with Gasteiger partial charge in [0, 0.05) is 19.1 Å². The Morgan fingerprint density at radius 2 is 2.37 bits per heavy atom. The third kappa shape index (κ3) is 4.21. The van der Waals surface area contributed by atoms with E-state index in [2.05, 4.69) is 15.6 Å². The molecule has 1 atom stereocenters. The second kappa shape index (κ2) is 6.52. The fraction of sp³-hybridized carbons (Fsp3) is 0.571. The van der Waals surface area contributed by atoms with Gasteiger partial charge in [0.15, 0.2) is 0 Å². The quantitative estimate of drug-likeness (QED) is 0.855. The lowest BCUT2D eigenvalue weighted by Crippen LogP contribution is -2.19. The molecular weight excluding hydrogens is 242 g/mol. The standard InChI is InChI=1S/C14H21N3O2/c1-10(2)14(18)17-13-6-5-11(8-16-13)15-9-12-4-3-7-19-12/h5-6,8,10,12,15H,3-4,7,9H2,1-2H3,(H,16,17,18). The van der Waals surface area contributed by atoms with Crippen molar-refractivity contribution in [2.45, 2.75) is 32.8 Å². The molecule has 19 heavy (non-hydrogen) atoms. The van der Waals surface area contributed by atoms with E-state index < -0.39 is 0 Å². The first-order chi connectivity index (χ1) is 9.15. The maximum absolute atomic E-state index is 11.5. The van der Waals surface area contributed by atoms with E-state index in [-0.39, 0.29) is 11.8 Å². The molecule has 0 aromatic carbocycles. The molecular formula is C14H21N3O2. The summed E-state index contributed by atoms with van der Waals surface area (Å²) in [5, 5.41) is 6.05. The van der Waals surface area contributed by atoms with Gasteiger partial charge in [-0.05, 0) is 25.0 Å². The van der Waals surface area contributed by atoms with E-state index in [0.717, 1.165) is 31.7 Å². The van der Waals surface area contributed by atoms with Crippen LogP contribution in [-0.4, -0.2) is 30.1 Å². The number of hydrogen-bond donors (Lipinski definition) is 2. The highest BCUT2D eigenvalue weighted by atomic mass is 16.5. The molecule has 104 valence electrons. The van der Waals surface area contributed by atoms with Crippen LogP contribution in [0, 0.1) is 5.92 Å². The van der Waals surface area contributed by atoms with Crippen LogP contribution in [-0.2, 0) is 9.53 Å². The third-order valence-electron chi connectivity index (χ3n) is 3.10. The van der Waals surface area contributed by atoms with Gasteiger partial charge in [-0.15, -0.1) is 0 Å². The first kappa shape index (κ1) is 13.8. The van der Waals surface area contributed by atoms with E-state index in [9.17, 15) is 4.79 Å². The number of aromatic nitrogens is 1. The molecule has 0 saturated carbocycles. The Balaban J connectivity index is 1.82. The zero-order valence-electron chi connectivity index (χ0n) is 11.5. The monoisotopic (exact) mass is 263 g/mol. The molecule has 2 N–H and O–H groups in total. The molecule has 1 aliphatic rings. The van der Waals surface area contributed by atoms with Gasteiger partial charge in [-0.3, -0.25) is 4.79 Å². The Morgan fingerprint density at radius 3 is 2.95 bits per heavy atom. The van der Waals surface area contributed by atoms with Crippen LogP contribution in [0.3, 0.4) is 0 Å². The van der Waals surface area contributed by atoms with Crippen molar-refractivity contribution < 1.29 is 9.53 Å². The maximum atomic E-state index is 11.5. The highest BCUT2D eigenvalue weighted by Gasteiger charge is 2.14. The second-order valence-electron chi connectivity index (χ2n) is 5.09. The summed E-state index contributed by atoms with van der Waals surface area (Å²) >= 11 is 0. The molecule has 2 heterocycles. The van der Waals surface area contributed by atoms with E-state index >= 15 is 0 Å². The molecule has 0 spiro atoms. The summed E-state index contributed by atoms with van der Waals surface area (Å²) in [5.74, 6) is 0.521. The van der Waals surface area contributed by atoms with Crippen molar-refractivity contribution >= 4 is 17.4 Å². The highest BCUT2D eigenvalue weighted by Crippen LogP contribution is 2.14. The zero-order chi connectivity index (χ0) is 13.7. The topological polar surface area (TPSA) is 63.2 Å². The predicted molar refractivity (Wildman–Crippen MR) is 75.2 cm³/mol. The highest BCUT2D eigenvalue weighted by molar-refractivity contribution is 5.91. The Labute approximate surface area is 113 Å². The van der Waals surface area contributed by atoms with Crippen LogP contribution in [0.1, 0.15) is 26.7 Å². The fourth-order valence-electron chi connectivity index (χ4n) is 1.88. The number of amides is 1. The van der Waals surface area contributed by atoms with E-state index in [1.165, 1.54) is 0 Å². The summed E-state index contributed by atoms with van der Waals surface area (Å²) in [6.07, 6.45) is 4.29. The second-order valence-corrected chi connectivity index (χ2v) is 5.09. The number of rotatable bonds is 5. The Hall–Kier alpha value is -1.62. The summed E-state index contributed by atoms with van der Waals surface area (Å²) in [4.78, 5) is 15.7. The van der Waals surface area contributed by atoms with Crippen LogP contribution in [0.5, 0.6) is 0 Å². The number of nitrogens with one attached hydrogen (secondary N) is 2. The summed E-state index contributed by atoms with van der Waals surface area (Å²) < 4.78 is 5.54. The van der Waals surface area contributed by atoms with Gasteiger partial charge in [0.05, 0.1) is 18.0 Å². The predicted octanol–water partition coefficient (Wildman–Crippen LogP) is 2.27. The molecule has 1 aromatic heterocycles. The lowest BCUT2D eigenvalue weighted by Gasteiger charge is -2.12. The van der Waals surface area contributed by atoms with Gasteiger partial charge in [0.2, 0.25) is 5.91 Å². The van der Waals surface area contributed by atoms with Crippen molar-refractivity contribution in [2.24, 2.45) is 5.92 Å². The lowest BCUT2D eigenvalue weighted by molar-refractivity contribution is -0.118. The number of ether oxygens (including phenoxy) is 1. The van der Waals surface area contributed by atoms with E-state index in [4.69, 9.17) is 4.74 Å². The molecule has 5 heteroatoms. The fourth-order valence-corrected chi connectivity index (χ4v) is 1.88. The summed E-state index contributed by atoms with van der Waals surface area (Å²) in [6, 6.07) is 3.72. The van der Waals surface area contributed by atoms with Crippen molar-refractivity contribution in [3.05, 3.63) is 18.3 Å². The van der Waals surface area contributed by atoms with E-state index in [1.807, 2.05) is 19.9 Å². The Kier molecular flexibility index (Phi) is 4.74. The van der Waals surface area contributed by atoms with Gasteiger partial charge < -0.3 is 15.4 Å². The van der Waals surface area contributed by atoms with Crippen molar-refractivity contribution in [2.75, 3.05) is 23.8 Å². The Morgan fingerprint density at radius 1 is 1.53 bits per heavy atom. The molecule has 5 nitrogen and oxygen atoms in total. The lowest BCUT2D eigenvalue weighted by atomic mass is 10.2. The number of anilines is 2. The van der Waals surface area contributed by atoms with Gasteiger partial charge in [-0.25, -0.2) is 4.98 Å². The normalized spacial score (nSPS) is 18.6. The average molecular weight is 263 g/mol. The average Bonchev–Trinajstić information content (AvgIpc) is 2.91. The number of hydrogen-bond acceptors (Lipinski definition) is 4.